The van der Waals surface area contributed by atoms with Gasteiger partial charge in [0.15, 0.2) is 5.16 Å². The van der Waals surface area contributed by atoms with E-state index >= 15 is 0 Å². The van der Waals surface area contributed by atoms with Gasteiger partial charge in [0.1, 0.15) is 16.7 Å². The Morgan fingerprint density at radius 2 is 2.05 bits per heavy atom. The number of nitrogens with one attached hydrogen (secondary N) is 1. The lowest BCUT2D eigenvalue weighted by Crippen LogP contribution is -2.03. The molecular weight excluding hydrogens is 258 g/mol. The first-order chi connectivity index (χ1) is 9.35. The van der Waals surface area contributed by atoms with Gasteiger partial charge in [0.25, 0.3) is 0 Å². The van der Waals surface area contributed by atoms with Crippen LogP contribution in [-0.2, 0) is 0 Å². The molecule has 2 aromatic heterocycles. The van der Waals surface area contributed by atoms with E-state index in [9.17, 15) is 0 Å². The van der Waals surface area contributed by atoms with Crippen molar-refractivity contribution < 1.29 is 0 Å². The Hall–Kier alpha value is -1.69. The largest absolute Gasteiger partial charge is 0.370 e. The quantitative estimate of drug-likeness (QED) is 0.667. The maximum absolute atomic E-state index is 4.60. The molecule has 19 heavy (non-hydrogen) atoms. The third-order valence-corrected chi connectivity index (χ3v) is 3.57. The topological polar surface area (TPSA) is 63.6 Å². The Balaban J connectivity index is 1.86. The van der Waals surface area contributed by atoms with E-state index in [1.165, 1.54) is 24.6 Å². The minimum atomic E-state index is 0.537. The van der Waals surface area contributed by atoms with Gasteiger partial charge in [0.05, 0.1) is 0 Å². The maximum atomic E-state index is 4.60. The second-order valence-electron chi connectivity index (χ2n) is 4.39. The normalized spacial score (nSPS) is 14.4. The van der Waals surface area contributed by atoms with Crippen LogP contribution in [0, 0.1) is 0 Å². The average Bonchev–Trinajstić information content (AvgIpc) is 3.24. The Labute approximate surface area is 116 Å². The summed E-state index contributed by atoms with van der Waals surface area (Å²) in [7, 11) is 0. The first-order valence-electron chi connectivity index (χ1n) is 6.43. The highest BCUT2D eigenvalue weighted by Gasteiger charge is 2.27. The highest BCUT2D eigenvalue weighted by Crippen LogP contribution is 2.39. The van der Waals surface area contributed by atoms with E-state index in [-0.39, 0.29) is 0 Å². The van der Waals surface area contributed by atoms with Crippen molar-refractivity contribution in [2.24, 2.45) is 0 Å². The summed E-state index contributed by atoms with van der Waals surface area (Å²) in [4.78, 5) is 17.6. The fraction of sp³-hybridized carbons (Fsp3) is 0.385. The molecule has 2 heterocycles. The van der Waals surface area contributed by atoms with Crippen molar-refractivity contribution >= 4 is 17.6 Å². The molecule has 3 rings (SSSR count). The second-order valence-corrected chi connectivity index (χ2v) is 5.38. The molecule has 0 atom stereocenters. The first kappa shape index (κ1) is 12.3. The van der Waals surface area contributed by atoms with Crippen LogP contribution in [0.4, 0.5) is 5.82 Å². The van der Waals surface area contributed by atoms with Crippen LogP contribution in [0.5, 0.6) is 0 Å². The molecule has 1 N–H and O–H groups in total. The Morgan fingerprint density at radius 1 is 1.26 bits per heavy atom. The van der Waals surface area contributed by atoms with Crippen LogP contribution in [0.1, 0.15) is 31.5 Å². The molecule has 0 radical (unpaired) electrons. The zero-order valence-electron chi connectivity index (χ0n) is 10.7. The van der Waals surface area contributed by atoms with Crippen molar-refractivity contribution in [3.8, 4) is 0 Å². The van der Waals surface area contributed by atoms with Crippen LogP contribution in [-0.4, -0.2) is 26.5 Å². The molecule has 1 aliphatic carbocycles. The molecule has 5 nitrogen and oxygen atoms in total. The van der Waals surface area contributed by atoms with E-state index in [0.717, 1.165) is 23.2 Å². The highest BCUT2D eigenvalue weighted by atomic mass is 32.2. The van der Waals surface area contributed by atoms with Crippen LogP contribution >= 0.6 is 11.8 Å². The van der Waals surface area contributed by atoms with Crippen molar-refractivity contribution in [1.29, 1.82) is 0 Å². The van der Waals surface area contributed by atoms with Crippen molar-refractivity contribution in [3.05, 3.63) is 30.4 Å². The van der Waals surface area contributed by atoms with E-state index < -0.39 is 0 Å². The molecule has 2 aromatic rings. The van der Waals surface area contributed by atoms with E-state index in [4.69, 9.17) is 0 Å². The number of hydrogen-bond donors (Lipinski definition) is 1. The molecule has 6 heteroatoms. The van der Waals surface area contributed by atoms with Crippen molar-refractivity contribution in [3.63, 3.8) is 0 Å². The van der Waals surface area contributed by atoms with Crippen LogP contribution in [0.15, 0.2) is 34.7 Å². The summed E-state index contributed by atoms with van der Waals surface area (Å²) in [5.41, 5.74) is 0. The lowest BCUT2D eigenvalue weighted by atomic mass is 10.4. The molecule has 1 aliphatic rings. The molecule has 0 aromatic carbocycles. The highest BCUT2D eigenvalue weighted by molar-refractivity contribution is 7.99. The molecule has 0 unspecified atom stereocenters. The fourth-order valence-electron chi connectivity index (χ4n) is 1.72. The monoisotopic (exact) mass is 273 g/mol. The zero-order valence-corrected chi connectivity index (χ0v) is 11.5. The van der Waals surface area contributed by atoms with E-state index in [2.05, 4.69) is 32.2 Å². The van der Waals surface area contributed by atoms with Gasteiger partial charge in [-0.3, -0.25) is 0 Å². The lowest BCUT2D eigenvalue weighted by Gasteiger charge is -2.07. The number of nitrogens with zero attached hydrogens (tertiary/aromatic N) is 4. The predicted octanol–water partition coefficient (Wildman–Crippen LogP) is 2.73. The summed E-state index contributed by atoms with van der Waals surface area (Å²) in [5, 5.41) is 4.87. The smallest absolute Gasteiger partial charge is 0.193 e. The summed E-state index contributed by atoms with van der Waals surface area (Å²) in [6.07, 6.45) is 5.87. The predicted molar refractivity (Wildman–Crippen MR) is 74.3 cm³/mol. The molecule has 0 amide bonds. The molecular formula is C13H15N5S. The van der Waals surface area contributed by atoms with Gasteiger partial charge in [0.2, 0.25) is 0 Å². The van der Waals surface area contributed by atoms with Gasteiger partial charge in [0, 0.05) is 30.9 Å². The number of anilines is 1. The molecule has 0 aliphatic heterocycles. The number of rotatable bonds is 5. The minimum Gasteiger partial charge on any atom is -0.370 e. The van der Waals surface area contributed by atoms with Gasteiger partial charge >= 0.3 is 0 Å². The van der Waals surface area contributed by atoms with Gasteiger partial charge in [-0.05, 0) is 37.6 Å². The van der Waals surface area contributed by atoms with E-state index in [1.807, 2.05) is 12.1 Å². The van der Waals surface area contributed by atoms with E-state index in [1.54, 1.807) is 12.4 Å². The maximum Gasteiger partial charge on any atom is 0.193 e. The van der Waals surface area contributed by atoms with E-state index in [0.29, 0.717) is 11.1 Å². The zero-order chi connectivity index (χ0) is 13.1. The first-order valence-corrected chi connectivity index (χ1v) is 7.24. The third-order valence-electron chi connectivity index (χ3n) is 2.76. The Morgan fingerprint density at radius 3 is 2.74 bits per heavy atom. The van der Waals surface area contributed by atoms with Crippen LogP contribution in [0.3, 0.4) is 0 Å². The number of hydrogen-bond acceptors (Lipinski definition) is 6. The molecule has 0 bridgehead atoms. The third kappa shape index (κ3) is 3.20. The average molecular weight is 273 g/mol. The summed E-state index contributed by atoms with van der Waals surface area (Å²) < 4.78 is 0. The standard InChI is InChI=1S/C13H15N5S/c1-2-14-10-8-11(18-12(17-10)9-4-5-9)19-13-15-6-3-7-16-13/h3,6-9H,2,4-5H2,1H3,(H,14,17,18). The fourth-order valence-corrected chi connectivity index (χ4v) is 2.45. The minimum absolute atomic E-state index is 0.537. The van der Waals surface area contributed by atoms with Crippen molar-refractivity contribution in [2.45, 2.75) is 35.9 Å². The second kappa shape index (κ2) is 5.52. The van der Waals surface area contributed by atoms with Gasteiger partial charge in [-0.2, -0.15) is 0 Å². The summed E-state index contributed by atoms with van der Waals surface area (Å²) in [6.45, 7) is 2.92. The van der Waals surface area contributed by atoms with Gasteiger partial charge in [-0.15, -0.1) is 0 Å². The van der Waals surface area contributed by atoms with Gasteiger partial charge < -0.3 is 5.32 Å². The molecule has 0 spiro atoms. The van der Waals surface area contributed by atoms with Crippen LogP contribution in [0.25, 0.3) is 0 Å². The SMILES string of the molecule is CCNc1cc(Sc2ncccn2)nc(C2CC2)n1. The van der Waals surface area contributed by atoms with Gasteiger partial charge in [-0.25, -0.2) is 19.9 Å². The Kier molecular flexibility index (Phi) is 3.59. The van der Waals surface area contributed by atoms with Crippen molar-refractivity contribution in [1.82, 2.24) is 19.9 Å². The lowest BCUT2D eigenvalue weighted by molar-refractivity contribution is 0.871. The molecule has 98 valence electrons. The summed E-state index contributed by atoms with van der Waals surface area (Å²) >= 11 is 1.47. The van der Waals surface area contributed by atoms with Crippen LogP contribution < -0.4 is 5.32 Å². The molecule has 0 saturated heterocycles. The Bertz CT molecular complexity index is 556. The van der Waals surface area contributed by atoms with Crippen molar-refractivity contribution in [2.75, 3.05) is 11.9 Å². The summed E-state index contributed by atoms with van der Waals surface area (Å²) in [6, 6.07) is 3.76. The van der Waals surface area contributed by atoms with Gasteiger partial charge in [-0.1, -0.05) is 0 Å². The molecule has 1 saturated carbocycles. The van der Waals surface area contributed by atoms with Crippen LogP contribution in [0.2, 0.25) is 0 Å². The number of aromatic nitrogens is 4. The summed E-state index contributed by atoms with van der Waals surface area (Å²) in [5.74, 6) is 2.37. The molecule has 1 fully saturated rings.